The van der Waals surface area contributed by atoms with Gasteiger partial charge in [-0.25, -0.2) is 0 Å². The topological polar surface area (TPSA) is 57.9 Å². The van der Waals surface area contributed by atoms with Crippen molar-refractivity contribution in [1.29, 1.82) is 5.26 Å². The highest BCUT2D eigenvalue weighted by molar-refractivity contribution is 5.96. The molecule has 2 atom stereocenters. The molecule has 25 heavy (non-hydrogen) atoms. The average Bonchev–Trinajstić information content (AvgIpc) is 2.67. The van der Waals surface area contributed by atoms with E-state index in [0.29, 0.717) is 5.92 Å². The third-order valence-electron chi connectivity index (χ3n) is 5.85. The molecule has 0 aromatic heterocycles. The van der Waals surface area contributed by atoms with Crippen LogP contribution in [-0.4, -0.2) is 44.0 Å². The summed E-state index contributed by atoms with van der Waals surface area (Å²) in [6, 6.07) is 8.44. The van der Waals surface area contributed by atoms with Crippen LogP contribution < -0.4 is 9.47 Å². The van der Waals surface area contributed by atoms with Gasteiger partial charge in [0.2, 0.25) is 0 Å². The minimum Gasteiger partial charge on any atom is -0.497 e. The monoisotopic (exact) mass is 337 g/mol. The smallest absolute Gasteiger partial charge is 0.123 e. The van der Waals surface area contributed by atoms with Crippen molar-refractivity contribution in [2.45, 2.75) is 31.7 Å². The van der Waals surface area contributed by atoms with Gasteiger partial charge in [-0.1, -0.05) is 0 Å². The van der Waals surface area contributed by atoms with E-state index in [2.05, 4.69) is 11.0 Å². The van der Waals surface area contributed by atoms with E-state index >= 15 is 0 Å². The predicted octanol–water partition coefficient (Wildman–Crippen LogP) is 3.13. The van der Waals surface area contributed by atoms with E-state index in [1.165, 1.54) is 18.6 Å². The van der Waals surface area contributed by atoms with Gasteiger partial charge in [-0.2, -0.15) is 5.26 Å². The fourth-order valence-corrected chi connectivity index (χ4v) is 4.64. The molecule has 3 fully saturated rings. The molecule has 2 bridgehead atoms. The Labute approximate surface area is 148 Å². The average molecular weight is 337 g/mol. The zero-order chi connectivity index (χ0) is 17.6. The van der Waals surface area contributed by atoms with Crippen LogP contribution in [0.4, 0.5) is 0 Å². The highest BCUT2D eigenvalue weighted by Gasteiger charge is 2.47. The van der Waals surface area contributed by atoms with Crippen molar-refractivity contribution < 1.29 is 9.47 Å². The number of allylic oxidation sites excluding steroid dienone is 1. The van der Waals surface area contributed by atoms with Crippen molar-refractivity contribution in [3.8, 4) is 17.6 Å². The lowest BCUT2D eigenvalue weighted by Crippen LogP contribution is -2.58. The molecule has 0 spiro atoms. The molecular weight excluding hydrogens is 314 g/mol. The second-order valence-corrected chi connectivity index (χ2v) is 6.99. The molecule has 3 saturated heterocycles. The van der Waals surface area contributed by atoms with Crippen molar-refractivity contribution >= 4 is 5.71 Å². The van der Waals surface area contributed by atoms with Crippen LogP contribution in [0.25, 0.3) is 0 Å². The summed E-state index contributed by atoms with van der Waals surface area (Å²) in [5.74, 6) is 2.08. The number of hydrogen-bond acceptors (Lipinski definition) is 5. The lowest BCUT2D eigenvalue weighted by molar-refractivity contribution is 0.133. The van der Waals surface area contributed by atoms with Crippen LogP contribution in [0.1, 0.15) is 31.2 Å². The Balaban J connectivity index is 1.90. The summed E-state index contributed by atoms with van der Waals surface area (Å²) in [6.45, 7) is 4.11. The molecule has 1 aromatic rings. The summed E-state index contributed by atoms with van der Waals surface area (Å²) in [4.78, 5) is 7.37. The molecule has 130 valence electrons. The van der Waals surface area contributed by atoms with Gasteiger partial charge in [-0.15, -0.1) is 0 Å². The molecule has 0 N–H and O–H groups in total. The molecule has 5 rings (SSSR count). The van der Waals surface area contributed by atoms with Gasteiger partial charge in [0, 0.05) is 23.1 Å². The second kappa shape index (κ2) is 6.20. The van der Waals surface area contributed by atoms with Gasteiger partial charge in [-0.3, -0.25) is 9.89 Å². The van der Waals surface area contributed by atoms with Crippen LogP contribution in [-0.2, 0) is 0 Å². The summed E-state index contributed by atoms with van der Waals surface area (Å²) in [5, 5.41) is 9.88. The fourth-order valence-electron chi connectivity index (χ4n) is 4.64. The third kappa shape index (κ3) is 2.44. The molecule has 0 aliphatic carbocycles. The van der Waals surface area contributed by atoms with E-state index in [-0.39, 0.29) is 12.0 Å². The maximum atomic E-state index is 9.88. The van der Waals surface area contributed by atoms with E-state index < -0.39 is 0 Å². The van der Waals surface area contributed by atoms with Crippen LogP contribution >= 0.6 is 0 Å². The highest BCUT2D eigenvalue weighted by Crippen LogP contribution is 2.47. The van der Waals surface area contributed by atoms with Gasteiger partial charge in [0.15, 0.2) is 0 Å². The minimum atomic E-state index is -0.0503. The van der Waals surface area contributed by atoms with Gasteiger partial charge in [0.25, 0.3) is 0 Å². The highest BCUT2D eigenvalue weighted by atomic mass is 16.5. The van der Waals surface area contributed by atoms with Gasteiger partial charge in [0.05, 0.1) is 37.6 Å². The number of benzene rings is 1. The molecule has 0 radical (unpaired) electrons. The van der Waals surface area contributed by atoms with Crippen molar-refractivity contribution in [3.05, 3.63) is 35.0 Å². The van der Waals surface area contributed by atoms with Crippen LogP contribution in [0, 0.1) is 17.2 Å². The summed E-state index contributed by atoms with van der Waals surface area (Å²) in [7, 11) is 3.34. The van der Waals surface area contributed by atoms with E-state index in [4.69, 9.17) is 14.5 Å². The van der Waals surface area contributed by atoms with Gasteiger partial charge in [-0.05, 0) is 51.1 Å². The number of methoxy groups -OCH3 is 2. The Morgan fingerprint density at radius 1 is 1.20 bits per heavy atom. The Hall–Kier alpha value is -2.32. The third-order valence-corrected chi connectivity index (χ3v) is 5.85. The van der Waals surface area contributed by atoms with E-state index in [0.717, 1.165) is 41.4 Å². The van der Waals surface area contributed by atoms with E-state index in [1.54, 1.807) is 14.2 Å². The molecule has 0 saturated carbocycles. The SMILES string of the molecule is COc1ccc(OC)c(C2C(C#N)=C(C)N=C3C4CCN(CC4)C32)c1. The van der Waals surface area contributed by atoms with Crippen molar-refractivity contribution in [2.24, 2.45) is 10.9 Å². The lowest BCUT2D eigenvalue weighted by Gasteiger charge is -2.51. The minimum absolute atomic E-state index is 0.0503. The quantitative estimate of drug-likeness (QED) is 0.850. The maximum absolute atomic E-state index is 9.88. The van der Waals surface area contributed by atoms with E-state index in [1.807, 2.05) is 25.1 Å². The number of fused-ring (bicyclic) bond motifs is 2. The van der Waals surface area contributed by atoms with Crippen molar-refractivity contribution in [2.75, 3.05) is 27.3 Å². The molecule has 4 heterocycles. The first kappa shape index (κ1) is 16.2. The number of piperidine rings is 3. The predicted molar refractivity (Wildman–Crippen MR) is 96.1 cm³/mol. The van der Waals surface area contributed by atoms with E-state index in [9.17, 15) is 5.26 Å². The number of rotatable bonds is 3. The molecular formula is C20H23N3O2. The summed E-state index contributed by atoms with van der Waals surface area (Å²) >= 11 is 0. The number of ether oxygens (including phenoxy) is 2. The maximum Gasteiger partial charge on any atom is 0.123 e. The molecule has 0 amide bonds. The molecule has 5 heteroatoms. The molecule has 4 aliphatic rings. The Kier molecular flexibility index (Phi) is 4.01. The summed E-state index contributed by atoms with van der Waals surface area (Å²) in [6.07, 6.45) is 2.35. The largest absolute Gasteiger partial charge is 0.497 e. The second-order valence-electron chi connectivity index (χ2n) is 6.99. The zero-order valence-electron chi connectivity index (χ0n) is 15.0. The lowest BCUT2D eigenvalue weighted by atomic mass is 9.70. The van der Waals surface area contributed by atoms with Crippen LogP contribution in [0.5, 0.6) is 11.5 Å². The van der Waals surface area contributed by atoms with Crippen molar-refractivity contribution in [3.63, 3.8) is 0 Å². The standard InChI is InChI=1S/C20H23N3O2/c1-12-16(11-21)18(15-10-14(24-2)4-5-17(15)25-3)20-19(22-12)13-6-8-23(20)9-7-13/h4-5,10,13,18,20H,6-9H2,1-3H3. The van der Waals surface area contributed by atoms with Gasteiger partial charge < -0.3 is 9.47 Å². The number of aliphatic imine (C=N–C) groups is 1. The normalized spacial score (nSPS) is 30.4. The summed E-state index contributed by atoms with van der Waals surface area (Å²) < 4.78 is 11.1. The van der Waals surface area contributed by atoms with Crippen LogP contribution in [0.2, 0.25) is 0 Å². The first-order valence-electron chi connectivity index (χ1n) is 8.83. The molecule has 1 aromatic carbocycles. The van der Waals surface area contributed by atoms with Crippen molar-refractivity contribution in [1.82, 2.24) is 4.90 Å². The Morgan fingerprint density at radius 3 is 2.60 bits per heavy atom. The Morgan fingerprint density at radius 2 is 1.96 bits per heavy atom. The number of nitrogens with zero attached hydrogens (tertiary/aromatic N) is 3. The molecule has 2 unspecified atom stereocenters. The fraction of sp³-hybridized carbons (Fsp3) is 0.500. The first-order chi connectivity index (χ1) is 12.2. The van der Waals surface area contributed by atoms with Crippen LogP contribution in [0.15, 0.2) is 34.5 Å². The molecule has 5 nitrogen and oxygen atoms in total. The summed E-state index contributed by atoms with van der Waals surface area (Å²) in [5.41, 5.74) is 3.86. The van der Waals surface area contributed by atoms with Gasteiger partial charge >= 0.3 is 0 Å². The zero-order valence-corrected chi connectivity index (χ0v) is 15.0. The number of nitriles is 1. The first-order valence-corrected chi connectivity index (χ1v) is 8.83. The molecule has 4 aliphatic heterocycles. The van der Waals surface area contributed by atoms with Crippen LogP contribution in [0.3, 0.4) is 0 Å². The number of hydrogen-bond donors (Lipinski definition) is 0. The van der Waals surface area contributed by atoms with Gasteiger partial charge in [0.1, 0.15) is 11.5 Å². The Bertz CT molecular complexity index is 798.